The monoisotopic (exact) mass is 502 g/mol. The number of carboxylic acid groups (broad SMARTS) is 1. The lowest BCUT2D eigenvalue weighted by atomic mass is 9.99. The Labute approximate surface area is 210 Å². The number of quaternary nitrogens is 1. The van der Waals surface area contributed by atoms with Gasteiger partial charge in [0.25, 0.3) is 0 Å². The quantitative estimate of drug-likeness (QED) is 0.231. The van der Waals surface area contributed by atoms with E-state index in [1.54, 1.807) is 18.3 Å². The molecule has 0 aliphatic carbocycles. The van der Waals surface area contributed by atoms with Crippen molar-refractivity contribution in [3.8, 4) is 0 Å². The van der Waals surface area contributed by atoms with Gasteiger partial charge in [0, 0.05) is 16.9 Å². The number of ether oxygens (including phenoxy) is 1. The fourth-order valence-electron chi connectivity index (χ4n) is 4.62. The molecule has 4 N–H and O–H groups in total. The van der Waals surface area contributed by atoms with Crippen molar-refractivity contribution >= 4 is 29.3 Å². The number of unbranched alkanes of at least 4 members (excludes halogenated alkanes) is 1. The van der Waals surface area contributed by atoms with Crippen LogP contribution in [0.1, 0.15) is 48.6 Å². The van der Waals surface area contributed by atoms with E-state index in [4.69, 9.17) is 10.5 Å². The molecule has 1 aliphatic heterocycles. The van der Waals surface area contributed by atoms with Crippen LogP contribution < -0.4 is 11.1 Å². The van der Waals surface area contributed by atoms with Crippen LogP contribution in [0.15, 0.2) is 41.8 Å². The normalized spacial score (nSPS) is 18.9. The predicted molar refractivity (Wildman–Crippen MR) is 135 cm³/mol. The van der Waals surface area contributed by atoms with E-state index in [1.165, 1.54) is 0 Å². The van der Waals surface area contributed by atoms with Crippen LogP contribution in [0.3, 0.4) is 0 Å². The Morgan fingerprint density at radius 2 is 1.91 bits per heavy atom. The molecular weight excluding hydrogens is 466 g/mol. The van der Waals surface area contributed by atoms with Crippen molar-refractivity contribution in [3.05, 3.63) is 57.8 Å². The van der Waals surface area contributed by atoms with Crippen molar-refractivity contribution in [1.29, 1.82) is 0 Å². The third kappa shape index (κ3) is 6.76. The van der Waals surface area contributed by atoms with E-state index in [-0.39, 0.29) is 19.7 Å². The van der Waals surface area contributed by atoms with Crippen molar-refractivity contribution in [2.45, 2.75) is 64.1 Å². The van der Waals surface area contributed by atoms with E-state index in [1.807, 2.05) is 41.8 Å². The van der Waals surface area contributed by atoms with Crippen molar-refractivity contribution in [3.63, 3.8) is 0 Å². The molecule has 0 fully saturated rings. The number of benzene rings is 1. The number of hydrogen-bond acceptors (Lipinski definition) is 7. The first-order valence-electron chi connectivity index (χ1n) is 12.3. The van der Waals surface area contributed by atoms with Gasteiger partial charge in [0.05, 0.1) is 6.61 Å². The molecule has 0 saturated heterocycles. The van der Waals surface area contributed by atoms with Crippen LogP contribution in [0.4, 0.5) is 4.79 Å². The smallest absolute Gasteiger partial charge is 0.465 e. The molecule has 0 bridgehead atoms. The Morgan fingerprint density at radius 1 is 1.14 bits per heavy atom. The second-order valence-electron chi connectivity index (χ2n) is 8.92. The summed E-state index contributed by atoms with van der Waals surface area (Å²) in [7, 11) is 0. The van der Waals surface area contributed by atoms with E-state index in [0.717, 1.165) is 16.0 Å². The van der Waals surface area contributed by atoms with Gasteiger partial charge in [-0.1, -0.05) is 30.3 Å². The van der Waals surface area contributed by atoms with E-state index >= 15 is 0 Å². The number of nitrogens with one attached hydrogen (secondary N) is 1. The first kappa shape index (κ1) is 27.0. The second kappa shape index (κ2) is 12.9. The van der Waals surface area contributed by atoms with Crippen LogP contribution in [0.2, 0.25) is 0 Å². The first-order valence-corrected chi connectivity index (χ1v) is 13.2. The fourth-order valence-corrected chi connectivity index (χ4v) is 5.50. The van der Waals surface area contributed by atoms with Gasteiger partial charge >= 0.3 is 18.0 Å². The van der Waals surface area contributed by atoms with Gasteiger partial charge in [0.15, 0.2) is 0 Å². The maximum Gasteiger partial charge on any atom is 0.521 e. The van der Waals surface area contributed by atoms with Crippen LogP contribution >= 0.6 is 11.3 Å². The van der Waals surface area contributed by atoms with E-state index in [9.17, 15) is 19.5 Å². The number of hydrogen-bond donors (Lipinski definition) is 3. The zero-order valence-corrected chi connectivity index (χ0v) is 21.1. The molecule has 0 unspecified atom stereocenters. The zero-order valence-electron chi connectivity index (χ0n) is 20.3. The molecule has 3 atom stereocenters. The number of nitrogens with two attached hydrogens (primary N) is 1. The number of fused-ring (bicyclic) bond motifs is 1. The molecule has 3 rings (SSSR count). The lowest BCUT2D eigenvalue weighted by Crippen LogP contribution is -2.65. The van der Waals surface area contributed by atoms with Crippen LogP contribution in [0, 0.1) is 0 Å². The minimum absolute atomic E-state index is 0.121. The summed E-state index contributed by atoms with van der Waals surface area (Å²) in [5.74, 6) is -0.846. The summed E-state index contributed by atoms with van der Waals surface area (Å²) in [6, 6.07) is 10.2. The summed E-state index contributed by atoms with van der Waals surface area (Å²) in [4.78, 5) is 40.4. The number of amides is 2. The molecule has 8 nitrogen and oxygen atoms in total. The molecule has 1 aliphatic rings. The molecule has 0 radical (unpaired) electrons. The zero-order chi connectivity index (χ0) is 25.3. The van der Waals surface area contributed by atoms with Crippen molar-refractivity contribution in [2.75, 3.05) is 19.7 Å². The number of carbonyl (C=O) groups excluding carboxylic acids is 2. The maximum atomic E-state index is 13.9. The molecule has 2 aromatic rings. The summed E-state index contributed by atoms with van der Waals surface area (Å²) in [5.41, 5.74) is 7.65. The summed E-state index contributed by atoms with van der Waals surface area (Å²) in [5, 5.41) is 15.4. The molecule has 190 valence electrons. The molecule has 9 heteroatoms. The molecule has 2 amide bonds. The van der Waals surface area contributed by atoms with Gasteiger partial charge < -0.3 is 15.6 Å². The first-order chi connectivity index (χ1) is 16.9. The van der Waals surface area contributed by atoms with E-state index in [0.29, 0.717) is 45.1 Å². The van der Waals surface area contributed by atoms with Crippen molar-refractivity contribution in [2.24, 2.45) is 5.73 Å². The Morgan fingerprint density at radius 3 is 2.60 bits per heavy atom. The third-order valence-corrected chi connectivity index (χ3v) is 7.59. The van der Waals surface area contributed by atoms with Gasteiger partial charge in [0.1, 0.15) is 25.2 Å². The standard InChI is InChI=1S/C26H35N3O5S/c1-2-34-25(31)22(12-11-19-8-4-3-5-9-19)28-21(10-6-7-15-27)24(30)29(26(32)33)16-13-23-20(18-29)14-17-35-23/h3-5,8-9,14,17,21-22,28H,2,6-7,10-13,15-16,18,27H2,1H3/p+1/t21-,22-,29-/m0/s1. The topological polar surface area (TPSA) is 119 Å². The lowest BCUT2D eigenvalue weighted by Gasteiger charge is -2.36. The number of imide groups is 1. The average Bonchev–Trinajstić information content (AvgIpc) is 3.33. The summed E-state index contributed by atoms with van der Waals surface area (Å²) >= 11 is 1.59. The third-order valence-electron chi connectivity index (χ3n) is 6.57. The SMILES string of the molecule is CCOC(=O)[C@H](CCc1ccccc1)N[C@@H](CCCCN)C(=O)[N@+]1(C(=O)O)CCc2sccc2C1. The lowest BCUT2D eigenvalue weighted by molar-refractivity contribution is -0.798. The molecule has 1 aromatic heterocycles. The Hall–Kier alpha value is -2.59. The summed E-state index contributed by atoms with van der Waals surface area (Å²) < 4.78 is 4.63. The molecule has 2 heterocycles. The Bertz CT molecular complexity index is 996. The molecule has 0 spiro atoms. The maximum absolute atomic E-state index is 13.9. The predicted octanol–water partition coefficient (Wildman–Crippen LogP) is 3.48. The van der Waals surface area contributed by atoms with Crippen LogP contribution in [0.5, 0.6) is 0 Å². The highest BCUT2D eigenvalue weighted by Crippen LogP contribution is 2.31. The number of thiophene rings is 1. The molecule has 0 saturated carbocycles. The van der Waals surface area contributed by atoms with E-state index < -0.39 is 34.5 Å². The van der Waals surface area contributed by atoms with Gasteiger partial charge in [-0.3, -0.25) is 10.1 Å². The van der Waals surface area contributed by atoms with Gasteiger partial charge in [-0.25, -0.2) is 4.79 Å². The summed E-state index contributed by atoms with van der Waals surface area (Å²) in [6.07, 6.45) is 2.20. The number of aryl methyl sites for hydroxylation is 1. The fraction of sp³-hybridized carbons (Fsp3) is 0.500. The molecular formula is C26H36N3O5S+. The van der Waals surface area contributed by atoms with Crippen LogP contribution in [-0.4, -0.2) is 59.3 Å². The molecule has 1 aromatic carbocycles. The second-order valence-corrected chi connectivity index (χ2v) is 9.92. The minimum Gasteiger partial charge on any atom is -0.465 e. The van der Waals surface area contributed by atoms with Crippen molar-refractivity contribution in [1.82, 2.24) is 5.32 Å². The van der Waals surface area contributed by atoms with Crippen LogP contribution in [-0.2, 0) is 33.7 Å². The molecule has 35 heavy (non-hydrogen) atoms. The minimum atomic E-state index is -1.16. The van der Waals surface area contributed by atoms with Gasteiger partial charge in [-0.15, -0.1) is 11.3 Å². The highest BCUT2D eigenvalue weighted by molar-refractivity contribution is 7.10. The van der Waals surface area contributed by atoms with Crippen LogP contribution in [0.25, 0.3) is 0 Å². The van der Waals surface area contributed by atoms with E-state index in [2.05, 4.69) is 5.32 Å². The average molecular weight is 503 g/mol. The Kier molecular flexibility index (Phi) is 9.97. The largest absolute Gasteiger partial charge is 0.521 e. The number of carbonyl (C=O) groups is 3. The highest BCUT2D eigenvalue weighted by atomic mass is 32.1. The van der Waals surface area contributed by atoms with Crippen molar-refractivity contribution < 1.29 is 28.7 Å². The van der Waals surface area contributed by atoms with Gasteiger partial charge in [-0.05, 0) is 62.6 Å². The van der Waals surface area contributed by atoms with Gasteiger partial charge in [0.2, 0.25) is 0 Å². The Balaban J connectivity index is 1.84. The summed E-state index contributed by atoms with van der Waals surface area (Å²) in [6.45, 7) is 2.77. The van der Waals surface area contributed by atoms with Gasteiger partial charge in [-0.2, -0.15) is 9.28 Å². The number of nitrogens with zero attached hydrogens (tertiary/aromatic N) is 1. The highest BCUT2D eigenvalue weighted by Gasteiger charge is 2.51. The number of rotatable bonds is 12. The number of esters is 1.